The molecule has 0 fully saturated rings. The molecule has 1 amide bonds. The summed E-state index contributed by atoms with van der Waals surface area (Å²) >= 11 is 3.27. The first-order valence-corrected chi connectivity index (χ1v) is 6.01. The number of aryl methyl sites for hydroxylation is 1. The summed E-state index contributed by atoms with van der Waals surface area (Å²) in [4.78, 5) is 22.1. The Bertz CT molecular complexity index is 653. The summed E-state index contributed by atoms with van der Waals surface area (Å²) in [5.74, 6) is -0.620. The van der Waals surface area contributed by atoms with Crippen LogP contribution < -0.4 is 5.32 Å². The highest BCUT2D eigenvalue weighted by Gasteiger charge is 2.24. The molecule has 0 saturated carbocycles. The van der Waals surface area contributed by atoms with E-state index in [9.17, 15) is 14.9 Å². The second-order valence-electron chi connectivity index (χ2n) is 3.76. The molecule has 98 valence electrons. The Kier molecular flexibility index (Phi) is 3.61. The number of anilines is 1. The Labute approximate surface area is 116 Å². The minimum atomic E-state index is -0.636. The number of halogens is 1. The van der Waals surface area contributed by atoms with Crippen LogP contribution in [0.4, 0.5) is 11.4 Å². The van der Waals surface area contributed by atoms with Gasteiger partial charge in [-0.25, -0.2) is 0 Å². The first-order chi connectivity index (χ1) is 8.97. The van der Waals surface area contributed by atoms with Crippen molar-refractivity contribution in [1.82, 2.24) is 9.78 Å². The van der Waals surface area contributed by atoms with Crippen molar-refractivity contribution in [3.63, 3.8) is 0 Å². The Hall–Kier alpha value is -2.22. The van der Waals surface area contributed by atoms with Crippen molar-refractivity contribution in [2.24, 2.45) is 7.05 Å². The number of aromatic nitrogens is 2. The zero-order valence-corrected chi connectivity index (χ0v) is 11.4. The fourth-order valence-electron chi connectivity index (χ4n) is 1.53. The van der Waals surface area contributed by atoms with Crippen molar-refractivity contribution >= 4 is 33.2 Å². The zero-order valence-electron chi connectivity index (χ0n) is 9.83. The molecule has 0 saturated heterocycles. The summed E-state index contributed by atoms with van der Waals surface area (Å²) in [7, 11) is 1.52. The van der Waals surface area contributed by atoms with Gasteiger partial charge in [0.2, 0.25) is 5.69 Å². The number of rotatable bonds is 3. The molecule has 0 spiro atoms. The van der Waals surface area contributed by atoms with Crippen molar-refractivity contribution < 1.29 is 9.72 Å². The van der Waals surface area contributed by atoms with Crippen LogP contribution in [0.5, 0.6) is 0 Å². The van der Waals surface area contributed by atoms with Gasteiger partial charge >= 0.3 is 5.69 Å². The number of carbonyl (C=O) groups is 1. The van der Waals surface area contributed by atoms with Crippen LogP contribution in [0.1, 0.15) is 10.5 Å². The van der Waals surface area contributed by atoms with Gasteiger partial charge in [0.25, 0.3) is 5.91 Å². The highest BCUT2D eigenvalue weighted by Crippen LogP contribution is 2.20. The molecule has 0 aliphatic carbocycles. The lowest BCUT2D eigenvalue weighted by Gasteiger charge is -2.03. The predicted molar refractivity (Wildman–Crippen MR) is 72.0 cm³/mol. The maximum atomic E-state index is 12.0. The van der Waals surface area contributed by atoms with Gasteiger partial charge in [-0.15, -0.1) is 0 Å². The molecular weight excluding hydrogens is 316 g/mol. The zero-order chi connectivity index (χ0) is 14.0. The lowest BCUT2D eigenvalue weighted by Crippen LogP contribution is -2.14. The molecule has 0 aliphatic rings. The molecule has 0 radical (unpaired) electrons. The third kappa shape index (κ3) is 2.97. The second-order valence-corrected chi connectivity index (χ2v) is 4.67. The standard InChI is InChI=1S/C11H9BrN4O3/c1-15-6-9(16(18)19)10(14-15)11(17)13-8-4-2-3-7(12)5-8/h2-6H,1H3,(H,13,17). The lowest BCUT2D eigenvalue weighted by atomic mass is 10.3. The average molecular weight is 325 g/mol. The smallest absolute Gasteiger partial charge is 0.320 e. The topological polar surface area (TPSA) is 90.1 Å². The van der Waals surface area contributed by atoms with Gasteiger partial charge in [-0.05, 0) is 18.2 Å². The van der Waals surface area contributed by atoms with Crippen molar-refractivity contribution in [1.29, 1.82) is 0 Å². The van der Waals surface area contributed by atoms with E-state index < -0.39 is 10.8 Å². The molecule has 1 aromatic heterocycles. The van der Waals surface area contributed by atoms with Crippen LogP contribution in [0.2, 0.25) is 0 Å². The lowest BCUT2D eigenvalue weighted by molar-refractivity contribution is -0.385. The van der Waals surface area contributed by atoms with Gasteiger partial charge < -0.3 is 5.32 Å². The molecule has 0 aliphatic heterocycles. The number of nitro groups is 1. The van der Waals surface area contributed by atoms with Crippen LogP contribution in [-0.4, -0.2) is 20.6 Å². The predicted octanol–water partition coefficient (Wildman–Crippen LogP) is 2.34. The third-order valence-electron chi connectivity index (χ3n) is 2.30. The summed E-state index contributed by atoms with van der Waals surface area (Å²) in [6.45, 7) is 0. The normalized spacial score (nSPS) is 10.2. The number of nitrogens with zero attached hydrogens (tertiary/aromatic N) is 3. The Morgan fingerprint density at radius 2 is 2.26 bits per heavy atom. The van der Waals surface area contributed by atoms with Crippen LogP contribution in [-0.2, 0) is 7.05 Å². The van der Waals surface area contributed by atoms with Crippen LogP contribution in [0.15, 0.2) is 34.9 Å². The number of hydrogen-bond acceptors (Lipinski definition) is 4. The maximum Gasteiger partial charge on any atom is 0.320 e. The van der Waals surface area contributed by atoms with Crippen molar-refractivity contribution in [3.8, 4) is 0 Å². The van der Waals surface area contributed by atoms with Gasteiger partial charge in [-0.1, -0.05) is 22.0 Å². The molecule has 1 heterocycles. The Morgan fingerprint density at radius 1 is 1.53 bits per heavy atom. The van der Waals surface area contributed by atoms with Crippen molar-refractivity contribution in [2.75, 3.05) is 5.32 Å². The summed E-state index contributed by atoms with van der Waals surface area (Å²) in [6.07, 6.45) is 1.19. The molecule has 0 bridgehead atoms. The highest BCUT2D eigenvalue weighted by atomic mass is 79.9. The van der Waals surface area contributed by atoms with Gasteiger partial charge in [-0.2, -0.15) is 5.10 Å². The van der Waals surface area contributed by atoms with E-state index in [4.69, 9.17) is 0 Å². The minimum Gasteiger partial charge on any atom is -0.320 e. The minimum absolute atomic E-state index is 0.215. The first-order valence-electron chi connectivity index (χ1n) is 5.22. The van der Waals surface area contributed by atoms with E-state index in [-0.39, 0.29) is 11.4 Å². The third-order valence-corrected chi connectivity index (χ3v) is 2.80. The monoisotopic (exact) mass is 324 g/mol. The number of amides is 1. The Morgan fingerprint density at radius 3 is 2.89 bits per heavy atom. The summed E-state index contributed by atoms with van der Waals surface area (Å²) in [5.41, 5.74) is -0.0122. The van der Waals surface area contributed by atoms with Crippen molar-refractivity contribution in [2.45, 2.75) is 0 Å². The van der Waals surface area contributed by atoms with E-state index in [0.29, 0.717) is 5.69 Å². The fraction of sp³-hybridized carbons (Fsp3) is 0.0909. The quantitative estimate of drug-likeness (QED) is 0.693. The van der Waals surface area contributed by atoms with Gasteiger partial charge in [0.15, 0.2) is 0 Å². The van der Waals surface area contributed by atoms with E-state index in [1.54, 1.807) is 24.3 Å². The summed E-state index contributed by atoms with van der Waals surface area (Å²) < 4.78 is 2.02. The van der Waals surface area contributed by atoms with Crippen LogP contribution in [0, 0.1) is 10.1 Å². The summed E-state index contributed by atoms with van der Waals surface area (Å²) in [6, 6.07) is 6.91. The van der Waals surface area contributed by atoms with E-state index in [2.05, 4.69) is 26.3 Å². The molecule has 1 N–H and O–H groups in total. The highest BCUT2D eigenvalue weighted by molar-refractivity contribution is 9.10. The molecule has 2 aromatic rings. The Balaban J connectivity index is 2.28. The molecule has 0 atom stereocenters. The molecule has 19 heavy (non-hydrogen) atoms. The van der Waals surface area contributed by atoms with Crippen LogP contribution >= 0.6 is 15.9 Å². The number of hydrogen-bond donors (Lipinski definition) is 1. The maximum absolute atomic E-state index is 12.0. The van der Waals surface area contributed by atoms with Gasteiger partial charge in [0.05, 0.1) is 4.92 Å². The van der Waals surface area contributed by atoms with Gasteiger partial charge in [0, 0.05) is 17.2 Å². The number of benzene rings is 1. The summed E-state index contributed by atoms with van der Waals surface area (Å²) in [5, 5.41) is 17.2. The first kappa shape index (κ1) is 13.2. The van der Waals surface area contributed by atoms with E-state index in [0.717, 1.165) is 4.47 Å². The molecule has 8 heteroatoms. The van der Waals surface area contributed by atoms with Crippen LogP contribution in [0.3, 0.4) is 0 Å². The largest absolute Gasteiger partial charge is 0.320 e. The van der Waals surface area contributed by atoms with E-state index in [1.807, 2.05) is 0 Å². The molecule has 2 rings (SSSR count). The number of nitrogens with one attached hydrogen (secondary N) is 1. The van der Waals surface area contributed by atoms with Gasteiger partial charge in [0.1, 0.15) is 6.20 Å². The van der Waals surface area contributed by atoms with Crippen LogP contribution in [0.25, 0.3) is 0 Å². The van der Waals surface area contributed by atoms with Crippen molar-refractivity contribution in [3.05, 3.63) is 50.7 Å². The SMILES string of the molecule is Cn1cc([N+](=O)[O-])c(C(=O)Nc2cccc(Br)c2)n1. The fourth-order valence-corrected chi connectivity index (χ4v) is 1.93. The van der Waals surface area contributed by atoms with Gasteiger partial charge in [-0.3, -0.25) is 19.6 Å². The molecular formula is C11H9BrN4O3. The number of carbonyl (C=O) groups excluding carboxylic acids is 1. The molecule has 7 nitrogen and oxygen atoms in total. The average Bonchev–Trinajstić information content (AvgIpc) is 2.71. The molecule has 1 aromatic carbocycles. The second kappa shape index (κ2) is 5.19. The van der Waals surface area contributed by atoms with E-state index in [1.165, 1.54) is 17.9 Å². The molecule has 0 unspecified atom stereocenters. The van der Waals surface area contributed by atoms with E-state index >= 15 is 0 Å².